The topological polar surface area (TPSA) is 75.6 Å². The molecular weight excluding hydrogens is 416 g/mol. The minimum atomic E-state index is -3.99. The third kappa shape index (κ3) is 3.82. The Balaban J connectivity index is 1.67. The molecule has 1 aliphatic rings. The molecule has 0 aromatic heterocycles. The van der Waals surface area contributed by atoms with Crippen molar-refractivity contribution < 1.29 is 13.2 Å². The number of thioether (sulfide) groups is 1. The van der Waals surface area contributed by atoms with Crippen LogP contribution in [0.25, 0.3) is 16.8 Å². The number of amides is 1. The van der Waals surface area contributed by atoms with Crippen LogP contribution in [-0.2, 0) is 14.8 Å². The molecule has 8 heteroatoms. The maximum absolute atomic E-state index is 12.8. The van der Waals surface area contributed by atoms with E-state index in [0.29, 0.717) is 15.3 Å². The van der Waals surface area contributed by atoms with Gasteiger partial charge in [0.05, 0.1) is 9.80 Å². The molecule has 3 aromatic carbocycles. The second-order valence-corrected chi connectivity index (χ2v) is 9.00. The Kier molecular flexibility index (Phi) is 4.97. The van der Waals surface area contributed by atoms with Crippen molar-refractivity contribution in [3.8, 4) is 0 Å². The monoisotopic (exact) mass is 428 g/mol. The lowest BCUT2D eigenvalue weighted by Gasteiger charge is -2.04. The molecule has 1 heterocycles. The van der Waals surface area contributed by atoms with Crippen molar-refractivity contribution in [2.24, 2.45) is 4.40 Å². The van der Waals surface area contributed by atoms with Crippen molar-refractivity contribution in [3.05, 3.63) is 82.2 Å². The van der Waals surface area contributed by atoms with E-state index in [-0.39, 0.29) is 10.1 Å². The first kappa shape index (κ1) is 18.7. The minimum Gasteiger partial charge on any atom is -0.300 e. The van der Waals surface area contributed by atoms with Gasteiger partial charge >= 0.3 is 0 Å². The van der Waals surface area contributed by atoms with Crippen LogP contribution >= 0.6 is 23.4 Å². The van der Waals surface area contributed by atoms with Gasteiger partial charge in [-0.3, -0.25) is 10.1 Å². The fourth-order valence-electron chi connectivity index (χ4n) is 2.76. The van der Waals surface area contributed by atoms with E-state index >= 15 is 0 Å². The summed E-state index contributed by atoms with van der Waals surface area (Å²) in [6.45, 7) is 0. The number of halogens is 1. The van der Waals surface area contributed by atoms with Crippen LogP contribution in [0.15, 0.2) is 80.9 Å². The number of amidine groups is 1. The summed E-state index contributed by atoms with van der Waals surface area (Å²) >= 11 is 6.84. The number of carbonyl (C=O) groups excluding carboxylic acids is 1. The van der Waals surface area contributed by atoms with Gasteiger partial charge in [0.2, 0.25) is 0 Å². The fourth-order valence-corrected chi connectivity index (χ4v) is 5.10. The molecular formula is C20H13ClN2O3S2. The number of hydrogen-bond donors (Lipinski definition) is 1. The predicted molar refractivity (Wildman–Crippen MR) is 114 cm³/mol. The summed E-state index contributed by atoms with van der Waals surface area (Å²) in [6, 6.07) is 19.2. The summed E-state index contributed by atoms with van der Waals surface area (Å²) < 4.78 is 29.5. The van der Waals surface area contributed by atoms with Crippen LogP contribution in [0.4, 0.5) is 0 Å². The van der Waals surface area contributed by atoms with Crippen molar-refractivity contribution in [2.75, 3.05) is 0 Å². The SMILES string of the molecule is O=C1NC(=NS(=O)(=O)c2cccc3ccccc23)S/C1=C\c1ccc(Cl)cc1. The minimum absolute atomic E-state index is 0.0261. The molecule has 0 spiro atoms. The Morgan fingerprint density at radius 2 is 1.68 bits per heavy atom. The van der Waals surface area contributed by atoms with Gasteiger partial charge < -0.3 is 0 Å². The molecule has 0 aliphatic carbocycles. The fraction of sp³-hybridized carbons (Fsp3) is 0. The van der Waals surface area contributed by atoms with Crippen molar-refractivity contribution >= 4 is 61.3 Å². The lowest BCUT2D eigenvalue weighted by atomic mass is 10.1. The van der Waals surface area contributed by atoms with E-state index < -0.39 is 15.9 Å². The number of rotatable bonds is 3. The third-order valence-electron chi connectivity index (χ3n) is 4.05. The summed E-state index contributed by atoms with van der Waals surface area (Å²) in [6.07, 6.45) is 1.66. The van der Waals surface area contributed by atoms with Crippen LogP contribution in [0.3, 0.4) is 0 Å². The summed E-state index contributed by atoms with van der Waals surface area (Å²) in [5.41, 5.74) is 0.778. The largest absolute Gasteiger partial charge is 0.300 e. The molecule has 0 unspecified atom stereocenters. The lowest BCUT2D eigenvalue weighted by Crippen LogP contribution is -2.20. The first-order valence-corrected chi connectivity index (χ1v) is 10.8. The number of benzene rings is 3. The predicted octanol–water partition coefficient (Wildman–Crippen LogP) is 4.44. The van der Waals surface area contributed by atoms with Crippen molar-refractivity contribution in [1.29, 1.82) is 0 Å². The molecule has 1 aliphatic heterocycles. The van der Waals surface area contributed by atoms with Crippen LogP contribution < -0.4 is 5.32 Å². The third-order valence-corrected chi connectivity index (χ3v) is 6.66. The molecule has 1 N–H and O–H groups in total. The molecule has 1 amide bonds. The lowest BCUT2D eigenvalue weighted by molar-refractivity contribution is -0.115. The Morgan fingerprint density at radius 3 is 2.46 bits per heavy atom. The zero-order chi connectivity index (χ0) is 19.7. The Bertz CT molecular complexity index is 1240. The highest BCUT2D eigenvalue weighted by atomic mass is 35.5. The van der Waals surface area contributed by atoms with Crippen LogP contribution in [0, 0.1) is 0 Å². The average Bonchev–Trinajstić information content (AvgIpc) is 3.01. The summed E-state index contributed by atoms with van der Waals surface area (Å²) in [7, 11) is -3.99. The van der Waals surface area contributed by atoms with Crippen LogP contribution in [0.2, 0.25) is 5.02 Å². The molecule has 3 aromatic rings. The quantitative estimate of drug-likeness (QED) is 0.625. The van der Waals surface area contributed by atoms with Crippen molar-refractivity contribution in [1.82, 2.24) is 5.32 Å². The molecule has 0 radical (unpaired) electrons. The van der Waals surface area contributed by atoms with Gasteiger partial charge in [-0.25, -0.2) is 0 Å². The van der Waals surface area contributed by atoms with Gasteiger partial charge in [0, 0.05) is 10.4 Å². The van der Waals surface area contributed by atoms with Gasteiger partial charge in [0.15, 0.2) is 5.17 Å². The van der Waals surface area contributed by atoms with E-state index in [4.69, 9.17) is 11.6 Å². The van der Waals surface area contributed by atoms with Gasteiger partial charge in [0.1, 0.15) is 0 Å². The normalized spacial score (nSPS) is 17.4. The zero-order valence-corrected chi connectivity index (χ0v) is 16.7. The molecule has 0 bridgehead atoms. The zero-order valence-electron chi connectivity index (χ0n) is 14.3. The number of nitrogens with zero attached hydrogens (tertiary/aromatic N) is 1. The van der Waals surface area contributed by atoms with Gasteiger partial charge in [-0.2, -0.15) is 8.42 Å². The second kappa shape index (κ2) is 7.43. The van der Waals surface area contributed by atoms with E-state index in [2.05, 4.69) is 9.71 Å². The molecule has 140 valence electrons. The van der Waals surface area contributed by atoms with Crippen molar-refractivity contribution in [2.45, 2.75) is 4.90 Å². The summed E-state index contributed by atoms with van der Waals surface area (Å²) in [4.78, 5) is 12.6. The molecule has 1 saturated heterocycles. The Labute approximate surface area is 171 Å². The molecule has 1 fully saturated rings. The first-order valence-electron chi connectivity index (χ1n) is 8.22. The van der Waals surface area contributed by atoms with Gasteiger partial charge in [-0.1, -0.05) is 60.1 Å². The highest BCUT2D eigenvalue weighted by Crippen LogP contribution is 2.29. The van der Waals surface area contributed by atoms with Gasteiger partial charge in [0.25, 0.3) is 15.9 Å². The highest BCUT2D eigenvalue weighted by Gasteiger charge is 2.27. The standard InChI is InChI=1S/C20H13ClN2O3S2/c21-15-10-8-13(9-11-15)12-17-19(24)22-20(27-17)23-28(25,26)18-7-3-5-14-4-1-2-6-16(14)18/h1-12H,(H,22,23,24)/b17-12-. The van der Waals surface area contributed by atoms with E-state index in [9.17, 15) is 13.2 Å². The molecule has 0 saturated carbocycles. The molecule has 4 rings (SSSR count). The number of fused-ring (bicyclic) bond motifs is 1. The van der Waals surface area contributed by atoms with Gasteiger partial charge in [-0.05, 0) is 47.0 Å². The van der Waals surface area contributed by atoms with E-state index in [1.165, 1.54) is 6.07 Å². The number of hydrogen-bond acceptors (Lipinski definition) is 4. The van der Waals surface area contributed by atoms with Gasteiger partial charge in [-0.15, -0.1) is 4.40 Å². The Morgan fingerprint density at radius 1 is 0.964 bits per heavy atom. The maximum atomic E-state index is 12.8. The summed E-state index contributed by atoms with van der Waals surface area (Å²) in [5, 5.41) is 4.51. The number of nitrogens with one attached hydrogen (secondary N) is 1. The average molecular weight is 429 g/mol. The molecule has 0 atom stereocenters. The second-order valence-electron chi connectivity index (χ2n) is 5.97. The maximum Gasteiger partial charge on any atom is 0.285 e. The number of sulfonamides is 1. The van der Waals surface area contributed by atoms with Crippen LogP contribution in [-0.4, -0.2) is 19.5 Å². The summed E-state index contributed by atoms with van der Waals surface area (Å²) in [5.74, 6) is -0.396. The molecule has 28 heavy (non-hydrogen) atoms. The molecule has 5 nitrogen and oxygen atoms in total. The van der Waals surface area contributed by atoms with Crippen LogP contribution in [0.1, 0.15) is 5.56 Å². The van der Waals surface area contributed by atoms with E-state index in [0.717, 1.165) is 22.7 Å². The first-order chi connectivity index (χ1) is 13.4. The smallest absolute Gasteiger partial charge is 0.285 e. The van der Waals surface area contributed by atoms with Crippen molar-refractivity contribution in [3.63, 3.8) is 0 Å². The van der Waals surface area contributed by atoms with E-state index in [1.807, 2.05) is 18.2 Å². The number of carbonyl (C=O) groups is 1. The Hall–Kier alpha value is -2.61. The van der Waals surface area contributed by atoms with Crippen LogP contribution in [0.5, 0.6) is 0 Å². The van der Waals surface area contributed by atoms with E-state index in [1.54, 1.807) is 48.5 Å². The highest BCUT2D eigenvalue weighted by molar-refractivity contribution is 8.19.